The fourth-order valence-corrected chi connectivity index (χ4v) is 5.51. The first-order valence-corrected chi connectivity index (χ1v) is 11.8. The molecule has 0 bridgehead atoms. The predicted molar refractivity (Wildman–Crippen MR) is 118 cm³/mol. The number of fused-ring (bicyclic) bond motifs is 1. The van der Waals surface area contributed by atoms with Gasteiger partial charge in [0, 0.05) is 42.6 Å². The molecule has 1 aliphatic heterocycles. The number of piperidine rings is 1. The van der Waals surface area contributed by atoms with Gasteiger partial charge < -0.3 is 9.88 Å². The van der Waals surface area contributed by atoms with E-state index in [1.165, 1.54) is 0 Å². The number of benzene rings is 2. The molecule has 4 rings (SSSR count). The van der Waals surface area contributed by atoms with Gasteiger partial charge >= 0.3 is 0 Å². The highest BCUT2D eigenvalue weighted by molar-refractivity contribution is 7.89. The normalized spacial score (nSPS) is 15.4. The van der Waals surface area contributed by atoms with Gasteiger partial charge in [0.1, 0.15) is 5.69 Å². The number of carbonyl (C=O) groups excluding carboxylic acids is 1. The molecule has 2 aromatic carbocycles. The quantitative estimate of drug-likeness (QED) is 0.646. The summed E-state index contributed by atoms with van der Waals surface area (Å²) in [5.74, 6) is -0.218. The number of nitrogens with zero attached hydrogens (tertiary/aromatic N) is 2. The summed E-state index contributed by atoms with van der Waals surface area (Å²) in [7, 11) is -1.71. The first kappa shape index (κ1) is 20.9. The van der Waals surface area contributed by atoms with Gasteiger partial charge in [-0.1, -0.05) is 30.2 Å². The second kappa shape index (κ2) is 8.41. The molecular formula is C22H24ClN3O3S. The molecule has 0 aliphatic carbocycles. The molecule has 1 N–H and O–H groups in total. The summed E-state index contributed by atoms with van der Waals surface area (Å²) in [6, 6.07) is 14.1. The van der Waals surface area contributed by atoms with E-state index >= 15 is 0 Å². The molecule has 1 amide bonds. The second-order valence-corrected chi connectivity index (χ2v) is 9.96. The van der Waals surface area contributed by atoms with Gasteiger partial charge in [0.15, 0.2) is 0 Å². The summed E-state index contributed by atoms with van der Waals surface area (Å²) >= 11 is 5.89. The monoisotopic (exact) mass is 445 g/mol. The van der Waals surface area contributed by atoms with E-state index in [0.29, 0.717) is 30.4 Å². The smallest absolute Gasteiger partial charge is 0.268 e. The van der Waals surface area contributed by atoms with Crippen LogP contribution in [0.4, 0.5) is 0 Å². The van der Waals surface area contributed by atoms with Crippen LogP contribution in [0.15, 0.2) is 53.4 Å². The molecule has 0 atom stereocenters. The maximum absolute atomic E-state index is 13.0. The molecule has 1 aliphatic rings. The summed E-state index contributed by atoms with van der Waals surface area (Å²) in [6.07, 6.45) is 2.85. The van der Waals surface area contributed by atoms with Crippen molar-refractivity contribution in [3.63, 3.8) is 0 Å². The van der Waals surface area contributed by atoms with Crippen molar-refractivity contribution in [2.24, 2.45) is 7.05 Å². The second-order valence-electron chi connectivity index (χ2n) is 7.58. The summed E-state index contributed by atoms with van der Waals surface area (Å²) in [5.41, 5.74) is 2.23. The van der Waals surface area contributed by atoms with Crippen molar-refractivity contribution >= 4 is 38.4 Å². The highest BCUT2D eigenvalue weighted by atomic mass is 35.5. The van der Waals surface area contributed by atoms with E-state index in [9.17, 15) is 13.2 Å². The van der Waals surface area contributed by atoms with E-state index in [4.69, 9.17) is 11.6 Å². The lowest BCUT2D eigenvalue weighted by atomic mass is 10.2. The number of halogens is 1. The molecule has 0 saturated carbocycles. The van der Waals surface area contributed by atoms with Gasteiger partial charge in [0.25, 0.3) is 5.91 Å². The van der Waals surface area contributed by atoms with E-state index in [1.807, 2.05) is 12.1 Å². The van der Waals surface area contributed by atoms with Crippen LogP contribution in [0.1, 0.15) is 35.3 Å². The van der Waals surface area contributed by atoms with Gasteiger partial charge in [-0.15, -0.1) is 0 Å². The molecule has 2 heterocycles. The van der Waals surface area contributed by atoms with Gasteiger partial charge in [-0.3, -0.25) is 4.79 Å². The summed E-state index contributed by atoms with van der Waals surface area (Å²) in [5, 5.41) is 4.28. The third kappa shape index (κ3) is 4.10. The highest BCUT2D eigenvalue weighted by Gasteiger charge is 2.26. The lowest BCUT2D eigenvalue weighted by molar-refractivity contribution is 0.0943. The van der Waals surface area contributed by atoms with Crippen molar-refractivity contribution in [2.75, 3.05) is 13.1 Å². The topological polar surface area (TPSA) is 71.4 Å². The number of amides is 1. The van der Waals surface area contributed by atoms with Gasteiger partial charge in [-0.25, -0.2) is 8.42 Å². The summed E-state index contributed by atoms with van der Waals surface area (Å²) in [6.45, 7) is 1.51. The van der Waals surface area contributed by atoms with Gasteiger partial charge in [-0.05, 0) is 54.8 Å². The number of sulfonamides is 1. The number of aryl methyl sites for hydroxylation is 1. The van der Waals surface area contributed by atoms with Crippen LogP contribution >= 0.6 is 11.6 Å². The van der Waals surface area contributed by atoms with E-state index in [0.717, 1.165) is 35.7 Å². The van der Waals surface area contributed by atoms with Crippen molar-refractivity contribution in [2.45, 2.75) is 30.7 Å². The molecule has 0 unspecified atom stereocenters. The number of carbonyl (C=O) groups is 1. The Morgan fingerprint density at radius 3 is 2.43 bits per heavy atom. The number of aromatic nitrogens is 1. The first-order valence-electron chi connectivity index (χ1n) is 9.98. The average Bonchev–Trinajstić information content (AvgIpc) is 3.10. The SMILES string of the molecule is Cn1c(C(=O)NCc2ccc(Cl)cc2)cc2cc(S(=O)(=O)N3CCCCC3)ccc21. The Morgan fingerprint density at radius 2 is 1.73 bits per heavy atom. The predicted octanol–water partition coefficient (Wildman–Crippen LogP) is 3.94. The average molecular weight is 446 g/mol. The van der Waals surface area contributed by atoms with Crippen molar-refractivity contribution in [1.29, 1.82) is 0 Å². The molecule has 8 heteroatoms. The Hall–Kier alpha value is -2.35. The molecule has 1 saturated heterocycles. The maximum Gasteiger partial charge on any atom is 0.268 e. The number of hydrogen-bond acceptors (Lipinski definition) is 3. The highest BCUT2D eigenvalue weighted by Crippen LogP contribution is 2.26. The standard InChI is InChI=1S/C22H24ClN3O3S/c1-25-20-10-9-19(30(28,29)26-11-3-2-4-12-26)13-17(20)14-21(25)22(27)24-15-16-5-7-18(23)8-6-16/h5-10,13-14H,2-4,11-12,15H2,1H3,(H,24,27). The van der Waals surface area contributed by atoms with Crippen LogP contribution in [0.25, 0.3) is 10.9 Å². The fraction of sp³-hybridized carbons (Fsp3) is 0.318. The van der Waals surface area contributed by atoms with Crippen LogP contribution in [-0.4, -0.2) is 36.3 Å². The zero-order valence-electron chi connectivity index (χ0n) is 16.8. The van der Waals surface area contributed by atoms with Crippen LogP contribution in [-0.2, 0) is 23.6 Å². The molecule has 3 aromatic rings. The molecule has 0 spiro atoms. The lowest BCUT2D eigenvalue weighted by Gasteiger charge is -2.25. The van der Waals surface area contributed by atoms with Crippen molar-refractivity contribution in [3.05, 3.63) is 64.8 Å². The third-order valence-electron chi connectivity index (χ3n) is 5.57. The minimum Gasteiger partial charge on any atom is -0.347 e. The zero-order chi connectivity index (χ0) is 21.3. The molecule has 1 fully saturated rings. The van der Waals surface area contributed by atoms with Crippen LogP contribution in [0.5, 0.6) is 0 Å². The molecule has 158 valence electrons. The van der Waals surface area contributed by atoms with E-state index in [-0.39, 0.29) is 10.8 Å². The zero-order valence-corrected chi connectivity index (χ0v) is 18.3. The van der Waals surface area contributed by atoms with Gasteiger partial charge in [-0.2, -0.15) is 4.31 Å². The number of hydrogen-bond donors (Lipinski definition) is 1. The Labute approximate surface area is 181 Å². The van der Waals surface area contributed by atoms with Gasteiger partial charge in [0.2, 0.25) is 10.0 Å². The van der Waals surface area contributed by atoms with Crippen LogP contribution in [0, 0.1) is 0 Å². The summed E-state index contributed by atoms with van der Waals surface area (Å²) < 4.78 is 29.3. The molecule has 30 heavy (non-hydrogen) atoms. The van der Waals surface area contributed by atoms with Crippen LogP contribution in [0.3, 0.4) is 0 Å². The number of rotatable bonds is 5. The van der Waals surface area contributed by atoms with Crippen LogP contribution < -0.4 is 5.32 Å². The Balaban J connectivity index is 1.57. The molecule has 0 radical (unpaired) electrons. The van der Waals surface area contributed by atoms with E-state index in [1.54, 1.807) is 52.3 Å². The van der Waals surface area contributed by atoms with Gasteiger partial charge in [0.05, 0.1) is 4.90 Å². The minimum absolute atomic E-state index is 0.218. The number of nitrogens with one attached hydrogen (secondary N) is 1. The largest absolute Gasteiger partial charge is 0.347 e. The Bertz CT molecular complexity index is 1180. The fourth-order valence-electron chi connectivity index (χ4n) is 3.84. The molecular weight excluding hydrogens is 422 g/mol. The van der Waals surface area contributed by atoms with Crippen molar-refractivity contribution in [3.8, 4) is 0 Å². The van der Waals surface area contributed by atoms with Crippen molar-refractivity contribution in [1.82, 2.24) is 14.2 Å². The molecule has 6 nitrogen and oxygen atoms in total. The first-order chi connectivity index (χ1) is 14.4. The maximum atomic E-state index is 13.0. The minimum atomic E-state index is -3.51. The van der Waals surface area contributed by atoms with E-state index < -0.39 is 10.0 Å². The van der Waals surface area contributed by atoms with Crippen LogP contribution in [0.2, 0.25) is 5.02 Å². The Kier molecular flexibility index (Phi) is 5.86. The lowest BCUT2D eigenvalue weighted by Crippen LogP contribution is -2.35. The third-order valence-corrected chi connectivity index (χ3v) is 7.71. The van der Waals surface area contributed by atoms with Crippen molar-refractivity contribution < 1.29 is 13.2 Å². The summed E-state index contributed by atoms with van der Waals surface area (Å²) in [4.78, 5) is 13.0. The molecule has 1 aromatic heterocycles. The Morgan fingerprint density at radius 1 is 1.03 bits per heavy atom. The van der Waals surface area contributed by atoms with E-state index in [2.05, 4.69) is 5.32 Å².